The van der Waals surface area contributed by atoms with Crippen molar-refractivity contribution in [3.8, 4) is 0 Å². The molecule has 0 spiro atoms. The van der Waals surface area contributed by atoms with E-state index in [4.69, 9.17) is 5.73 Å². The molecule has 0 radical (unpaired) electrons. The number of piperidine rings is 1. The lowest BCUT2D eigenvalue weighted by Gasteiger charge is -2.38. The predicted octanol–water partition coefficient (Wildman–Crippen LogP) is 2.49. The van der Waals surface area contributed by atoms with Gasteiger partial charge in [-0.2, -0.15) is 0 Å². The standard InChI is InChI=1S/C16H21N3O2S.ClH/c1-10(17)13-4-2-3-7-19(13)16(21)11-5-6-14-12(8-11)18-15(20)9-22-14;/h5-6,8,10,13H,2-4,7,9,17H2,1H3,(H,18,20);1H. The van der Waals surface area contributed by atoms with Crippen molar-refractivity contribution in [2.75, 3.05) is 17.6 Å². The number of hydrogen-bond donors (Lipinski definition) is 2. The Kier molecular flexibility index (Phi) is 5.95. The van der Waals surface area contributed by atoms with Crippen molar-refractivity contribution in [1.82, 2.24) is 4.90 Å². The number of rotatable bonds is 2. The van der Waals surface area contributed by atoms with Crippen LogP contribution in [-0.2, 0) is 4.79 Å². The monoisotopic (exact) mass is 355 g/mol. The number of fused-ring (bicyclic) bond motifs is 1. The van der Waals surface area contributed by atoms with Crippen LogP contribution in [0.15, 0.2) is 23.1 Å². The Bertz CT molecular complexity index is 609. The van der Waals surface area contributed by atoms with Crippen LogP contribution in [-0.4, -0.2) is 41.1 Å². The van der Waals surface area contributed by atoms with Gasteiger partial charge < -0.3 is 16.0 Å². The molecule has 0 aromatic heterocycles. The second-order valence-corrected chi connectivity index (χ2v) is 6.99. The van der Waals surface area contributed by atoms with Crippen molar-refractivity contribution < 1.29 is 9.59 Å². The van der Waals surface area contributed by atoms with Gasteiger partial charge in [0.1, 0.15) is 0 Å². The van der Waals surface area contributed by atoms with Crippen molar-refractivity contribution in [2.24, 2.45) is 5.73 Å². The SMILES string of the molecule is CC(N)C1CCCCN1C(=O)c1ccc2c(c1)NC(=O)CS2.Cl. The highest BCUT2D eigenvalue weighted by atomic mass is 35.5. The first-order chi connectivity index (χ1) is 10.6. The average molecular weight is 356 g/mol. The number of benzene rings is 1. The molecule has 3 N–H and O–H groups in total. The highest BCUT2D eigenvalue weighted by molar-refractivity contribution is 8.00. The maximum atomic E-state index is 12.8. The Labute approximate surface area is 146 Å². The van der Waals surface area contributed by atoms with E-state index in [-0.39, 0.29) is 36.3 Å². The van der Waals surface area contributed by atoms with E-state index >= 15 is 0 Å². The summed E-state index contributed by atoms with van der Waals surface area (Å²) >= 11 is 1.50. The number of thioether (sulfide) groups is 1. The van der Waals surface area contributed by atoms with Crippen LogP contribution in [0.25, 0.3) is 0 Å². The third-order valence-electron chi connectivity index (χ3n) is 4.28. The number of amides is 2. The summed E-state index contributed by atoms with van der Waals surface area (Å²) in [5.74, 6) is 0.419. The Morgan fingerprint density at radius 2 is 2.22 bits per heavy atom. The van der Waals surface area contributed by atoms with Crippen molar-refractivity contribution in [2.45, 2.75) is 43.2 Å². The molecule has 3 rings (SSSR count). The first-order valence-corrected chi connectivity index (χ1v) is 8.68. The molecule has 2 heterocycles. The number of nitrogens with zero attached hydrogens (tertiary/aromatic N) is 1. The fourth-order valence-electron chi connectivity index (χ4n) is 3.14. The molecule has 7 heteroatoms. The summed E-state index contributed by atoms with van der Waals surface area (Å²) in [5, 5.41) is 2.84. The highest BCUT2D eigenvalue weighted by Gasteiger charge is 2.30. The van der Waals surface area contributed by atoms with Crippen LogP contribution in [0.1, 0.15) is 36.5 Å². The number of carbonyl (C=O) groups is 2. The lowest BCUT2D eigenvalue weighted by molar-refractivity contribution is -0.113. The zero-order valence-electron chi connectivity index (χ0n) is 13.1. The van der Waals surface area contributed by atoms with Crippen LogP contribution in [0, 0.1) is 0 Å². The zero-order chi connectivity index (χ0) is 15.7. The molecule has 0 aliphatic carbocycles. The molecule has 2 atom stereocenters. The van der Waals surface area contributed by atoms with E-state index < -0.39 is 0 Å². The van der Waals surface area contributed by atoms with Crippen LogP contribution < -0.4 is 11.1 Å². The molecule has 5 nitrogen and oxygen atoms in total. The molecule has 2 amide bonds. The summed E-state index contributed by atoms with van der Waals surface area (Å²) in [6, 6.07) is 5.61. The summed E-state index contributed by atoms with van der Waals surface area (Å²) < 4.78 is 0. The first-order valence-electron chi connectivity index (χ1n) is 7.69. The summed E-state index contributed by atoms with van der Waals surface area (Å²) in [5.41, 5.74) is 7.41. The van der Waals surface area contributed by atoms with Gasteiger partial charge in [0.25, 0.3) is 5.91 Å². The largest absolute Gasteiger partial charge is 0.334 e. The van der Waals surface area contributed by atoms with Gasteiger partial charge in [-0.3, -0.25) is 9.59 Å². The maximum absolute atomic E-state index is 12.8. The number of carbonyl (C=O) groups excluding carboxylic acids is 2. The minimum atomic E-state index is -0.0304. The Balaban J connectivity index is 0.00000192. The van der Waals surface area contributed by atoms with Gasteiger partial charge in [0.2, 0.25) is 5.91 Å². The Hall–Kier alpha value is -1.24. The van der Waals surface area contributed by atoms with Gasteiger partial charge in [0.05, 0.1) is 11.4 Å². The second kappa shape index (κ2) is 7.55. The third-order valence-corrected chi connectivity index (χ3v) is 5.35. The van der Waals surface area contributed by atoms with E-state index in [0.717, 1.165) is 36.4 Å². The molecule has 0 bridgehead atoms. The van der Waals surface area contributed by atoms with Gasteiger partial charge in [0, 0.05) is 29.1 Å². The van der Waals surface area contributed by atoms with Gasteiger partial charge in [-0.1, -0.05) is 0 Å². The summed E-state index contributed by atoms with van der Waals surface area (Å²) in [6.45, 7) is 2.71. The van der Waals surface area contributed by atoms with E-state index in [0.29, 0.717) is 11.3 Å². The van der Waals surface area contributed by atoms with Crippen molar-refractivity contribution >= 4 is 41.7 Å². The third kappa shape index (κ3) is 3.82. The van der Waals surface area contributed by atoms with E-state index in [1.54, 1.807) is 6.07 Å². The Morgan fingerprint density at radius 3 is 2.96 bits per heavy atom. The summed E-state index contributed by atoms with van der Waals surface area (Å²) in [7, 11) is 0. The number of hydrogen-bond acceptors (Lipinski definition) is 4. The number of nitrogens with two attached hydrogens (primary N) is 1. The number of halogens is 1. The lowest BCUT2D eigenvalue weighted by atomic mass is 9.96. The molecule has 1 aromatic carbocycles. The lowest BCUT2D eigenvalue weighted by Crippen LogP contribution is -2.51. The van der Waals surface area contributed by atoms with Crippen molar-refractivity contribution in [3.05, 3.63) is 23.8 Å². The smallest absolute Gasteiger partial charge is 0.254 e. The molecule has 1 fully saturated rings. The minimum absolute atomic E-state index is 0. The van der Waals surface area contributed by atoms with Crippen LogP contribution in [0.2, 0.25) is 0 Å². The average Bonchev–Trinajstić information content (AvgIpc) is 2.53. The number of nitrogens with one attached hydrogen (secondary N) is 1. The molecule has 126 valence electrons. The van der Waals surface area contributed by atoms with E-state index in [2.05, 4.69) is 5.32 Å². The zero-order valence-corrected chi connectivity index (χ0v) is 14.7. The Morgan fingerprint density at radius 1 is 1.43 bits per heavy atom. The summed E-state index contributed by atoms with van der Waals surface area (Å²) in [6.07, 6.45) is 3.10. The van der Waals surface area contributed by atoms with E-state index in [1.165, 1.54) is 11.8 Å². The molecule has 0 saturated carbocycles. The van der Waals surface area contributed by atoms with Crippen molar-refractivity contribution in [3.63, 3.8) is 0 Å². The summed E-state index contributed by atoms with van der Waals surface area (Å²) in [4.78, 5) is 27.2. The molecular formula is C16H22ClN3O2S. The maximum Gasteiger partial charge on any atom is 0.254 e. The normalized spacial score (nSPS) is 21.7. The molecule has 1 aromatic rings. The molecule has 2 aliphatic heterocycles. The highest BCUT2D eigenvalue weighted by Crippen LogP contribution is 2.32. The van der Waals surface area contributed by atoms with E-state index in [1.807, 2.05) is 24.0 Å². The number of anilines is 1. The van der Waals surface area contributed by atoms with E-state index in [9.17, 15) is 9.59 Å². The first kappa shape index (κ1) is 18.1. The van der Waals surface area contributed by atoms with Gasteiger partial charge >= 0.3 is 0 Å². The number of likely N-dealkylation sites (tertiary alicyclic amines) is 1. The second-order valence-electron chi connectivity index (χ2n) is 5.97. The fraction of sp³-hybridized carbons (Fsp3) is 0.500. The van der Waals surface area contributed by atoms with Gasteiger partial charge in [-0.05, 0) is 44.4 Å². The van der Waals surface area contributed by atoms with Gasteiger partial charge in [-0.15, -0.1) is 24.2 Å². The molecule has 2 unspecified atom stereocenters. The van der Waals surface area contributed by atoms with Gasteiger partial charge in [-0.25, -0.2) is 0 Å². The quantitative estimate of drug-likeness (QED) is 0.854. The minimum Gasteiger partial charge on any atom is -0.334 e. The fourth-order valence-corrected chi connectivity index (χ4v) is 3.93. The molecular weight excluding hydrogens is 334 g/mol. The van der Waals surface area contributed by atoms with Gasteiger partial charge in [0.15, 0.2) is 0 Å². The van der Waals surface area contributed by atoms with Crippen LogP contribution in [0.4, 0.5) is 5.69 Å². The molecule has 23 heavy (non-hydrogen) atoms. The van der Waals surface area contributed by atoms with Crippen LogP contribution >= 0.6 is 24.2 Å². The predicted molar refractivity (Wildman–Crippen MR) is 95.4 cm³/mol. The molecule has 2 aliphatic rings. The van der Waals surface area contributed by atoms with Crippen LogP contribution in [0.3, 0.4) is 0 Å². The topological polar surface area (TPSA) is 75.4 Å². The van der Waals surface area contributed by atoms with Crippen molar-refractivity contribution in [1.29, 1.82) is 0 Å². The van der Waals surface area contributed by atoms with Crippen LogP contribution in [0.5, 0.6) is 0 Å². The molecule has 1 saturated heterocycles.